The van der Waals surface area contributed by atoms with Crippen molar-refractivity contribution in [2.24, 2.45) is 11.3 Å². The quantitative estimate of drug-likeness (QED) is 0.682. The van der Waals surface area contributed by atoms with E-state index in [1.165, 1.54) is 0 Å². The van der Waals surface area contributed by atoms with Gasteiger partial charge in [-0.15, -0.1) is 0 Å². The predicted octanol–water partition coefficient (Wildman–Crippen LogP) is 2.15. The monoisotopic (exact) mass is 184 g/mol. The van der Waals surface area contributed by atoms with Crippen LogP contribution in [0.2, 0.25) is 0 Å². The van der Waals surface area contributed by atoms with Crippen molar-refractivity contribution in [3.05, 3.63) is 0 Å². The number of carbonyl (C=O) groups excluding carboxylic acids is 1. The van der Waals surface area contributed by atoms with Crippen molar-refractivity contribution < 1.29 is 9.90 Å². The SMILES string of the molecule is CCC(C)(C=O)C1CCCC1(C)O. The summed E-state index contributed by atoms with van der Waals surface area (Å²) in [5.74, 6) is 0.141. The zero-order valence-corrected chi connectivity index (χ0v) is 8.84. The smallest absolute Gasteiger partial charge is 0.126 e. The second kappa shape index (κ2) is 3.41. The summed E-state index contributed by atoms with van der Waals surface area (Å²) in [6, 6.07) is 0. The van der Waals surface area contributed by atoms with Crippen LogP contribution in [0.25, 0.3) is 0 Å². The third-order valence-corrected chi connectivity index (χ3v) is 3.75. The van der Waals surface area contributed by atoms with Gasteiger partial charge in [0.05, 0.1) is 5.60 Å². The van der Waals surface area contributed by atoms with Gasteiger partial charge in [-0.05, 0) is 32.1 Å². The summed E-state index contributed by atoms with van der Waals surface area (Å²) in [7, 11) is 0. The normalized spacial score (nSPS) is 38.6. The fourth-order valence-electron chi connectivity index (χ4n) is 2.60. The van der Waals surface area contributed by atoms with Crippen molar-refractivity contribution in [1.29, 1.82) is 0 Å². The molecule has 0 amide bonds. The molecule has 0 spiro atoms. The Morgan fingerprint density at radius 3 is 2.62 bits per heavy atom. The maximum Gasteiger partial charge on any atom is 0.126 e. The van der Waals surface area contributed by atoms with Crippen LogP contribution in [-0.4, -0.2) is 17.0 Å². The van der Waals surface area contributed by atoms with Gasteiger partial charge < -0.3 is 9.90 Å². The van der Waals surface area contributed by atoms with E-state index in [-0.39, 0.29) is 11.3 Å². The Bertz CT molecular complexity index is 198. The van der Waals surface area contributed by atoms with Crippen molar-refractivity contribution in [3.63, 3.8) is 0 Å². The first-order valence-corrected chi connectivity index (χ1v) is 5.15. The maximum absolute atomic E-state index is 11.0. The molecule has 1 N–H and O–H groups in total. The zero-order valence-electron chi connectivity index (χ0n) is 8.84. The summed E-state index contributed by atoms with van der Waals surface area (Å²) in [5, 5.41) is 10.1. The van der Waals surface area contributed by atoms with Gasteiger partial charge in [0, 0.05) is 5.41 Å². The molecule has 0 saturated heterocycles. The summed E-state index contributed by atoms with van der Waals surface area (Å²) >= 11 is 0. The Hall–Kier alpha value is -0.370. The molecule has 0 aromatic rings. The van der Waals surface area contributed by atoms with Crippen LogP contribution in [0.4, 0.5) is 0 Å². The van der Waals surface area contributed by atoms with Crippen molar-refractivity contribution in [3.8, 4) is 0 Å². The van der Waals surface area contributed by atoms with Crippen molar-refractivity contribution in [2.75, 3.05) is 0 Å². The molecule has 0 radical (unpaired) electrons. The van der Waals surface area contributed by atoms with Gasteiger partial charge in [0.1, 0.15) is 6.29 Å². The Kier molecular flexibility index (Phi) is 2.81. The second-order valence-electron chi connectivity index (χ2n) is 4.78. The molecule has 1 saturated carbocycles. The lowest BCUT2D eigenvalue weighted by molar-refractivity contribution is -0.124. The van der Waals surface area contributed by atoms with E-state index in [0.717, 1.165) is 32.0 Å². The molecule has 3 unspecified atom stereocenters. The Balaban J connectivity index is 2.86. The molecular formula is C11H20O2. The molecule has 1 aliphatic carbocycles. The number of hydrogen-bond donors (Lipinski definition) is 1. The average molecular weight is 184 g/mol. The number of carbonyl (C=O) groups is 1. The molecule has 0 aromatic heterocycles. The summed E-state index contributed by atoms with van der Waals surface area (Å²) < 4.78 is 0. The van der Waals surface area contributed by atoms with Crippen LogP contribution >= 0.6 is 0 Å². The van der Waals surface area contributed by atoms with E-state index in [4.69, 9.17) is 0 Å². The molecule has 1 rings (SSSR count). The third kappa shape index (κ3) is 1.78. The molecule has 0 aliphatic heterocycles. The Labute approximate surface area is 80.3 Å². The van der Waals surface area contributed by atoms with Crippen LogP contribution in [-0.2, 0) is 4.79 Å². The van der Waals surface area contributed by atoms with Crippen LogP contribution in [0, 0.1) is 11.3 Å². The topological polar surface area (TPSA) is 37.3 Å². The van der Waals surface area contributed by atoms with E-state index in [1.54, 1.807) is 0 Å². The molecule has 1 fully saturated rings. The van der Waals surface area contributed by atoms with Crippen molar-refractivity contribution >= 4 is 6.29 Å². The highest BCUT2D eigenvalue weighted by Gasteiger charge is 2.46. The third-order valence-electron chi connectivity index (χ3n) is 3.75. The maximum atomic E-state index is 11.0. The largest absolute Gasteiger partial charge is 0.390 e. The first-order valence-electron chi connectivity index (χ1n) is 5.15. The van der Waals surface area contributed by atoms with Gasteiger partial charge in [-0.2, -0.15) is 0 Å². The minimum Gasteiger partial charge on any atom is -0.390 e. The highest BCUT2D eigenvalue weighted by Crippen LogP contribution is 2.46. The van der Waals surface area contributed by atoms with Gasteiger partial charge >= 0.3 is 0 Å². The molecule has 2 heteroatoms. The van der Waals surface area contributed by atoms with Gasteiger partial charge in [0.2, 0.25) is 0 Å². The van der Waals surface area contributed by atoms with E-state index in [1.807, 2.05) is 20.8 Å². The molecule has 76 valence electrons. The number of aldehydes is 1. The molecular weight excluding hydrogens is 164 g/mol. The Morgan fingerprint density at radius 1 is 1.69 bits per heavy atom. The number of rotatable bonds is 3. The van der Waals surface area contributed by atoms with E-state index < -0.39 is 5.60 Å². The lowest BCUT2D eigenvalue weighted by atomic mass is 9.70. The molecule has 0 heterocycles. The van der Waals surface area contributed by atoms with Gasteiger partial charge in [-0.25, -0.2) is 0 Å². The number of aliphatic hydroxyl groups is 1. The standard InChI is InChI=1S/C11H20O2/c1-4-10(2,8-12)9-6-5-7-11(9,3)13/h8-9,13H,4-7H2,1-3H3. The van der Waals surface area contributed by atoms with Gasteiger partial charge in [0.25, 0.3) is 0 Å². The lowest BCUT2D eigenvalue weighted by Gasteiger charge is -2.37. The molecule has 0 bridgehead atoms. The van der Waals surface area contributed by atoms with Gasteiger partial charge in [-0.3, -0.25) is 0 Å². The van der Waals surface area contributed by atoms with Crippen LogP contribution < -0.4 is 0 Å². The van der Waals surface area contributed by atoms with Crippen LogP contribution in [0.3, 0.4) is 0 Å². The summed E-state index contributed by atoms with van der Waals surface area (Å²) in [6.07, 6.45) is 4.70. The fourth-order valence-corrected chi connectivity index (χ4v) is 2.60. The fraction of sp³-hybridized carbons (Fsp3) is 0.909. The summed E-state index contributed by atoms with van der Waals surface area (Å²) in [4.78, 5) is 11.0. The first kappa shape index (κ1) is 10.7. The summed E-state index contributed by atoms with van der Waals surface area (Å²) in [5.41, 5.74) is -0.967. The minimum atomic E-state index is -0.633. The highest BCUT2D eigenvalue weighted by molar-refractivity contribution is 5.59. The average Bonchev–Trinajstić information content (AvgIpc) is 2.44. The number of hydrogen-bond acceptors (Lipinski definition) is 2. The van der Waals surface area contributed by atoms with Crippen LogP contribution in [0.1, 0.15) is 46.5 Å². The molecule has 3 atom stereocenters. The van der Waals surface area contributed by atoms with E-state index >= 15 is 0 Å². The van der Waals surface area contributed by atoms with Gasteiger partial charge in [0.15, 0.2) is 0 Å². The zero-order chi connectivity index (χ0) is 10.1. The minimum absolute atomic E-state index is 0.141. The molecule has 0 aromatic carbocycles. The van der Waals surface area contributed by atoms with E-state index in [0.29, 0.717) is 0 Å². The van der Waals surface area contributed by atoms with E-state index in [2.05, 4.69) is 0 Å². The van der Waals surface area contributed by atoms with E-state index in [9.17, 15) is 9.90 Å². The van der Waals surface area contributed by atoms with Crippen molar-refractivity contribution in [2.45, 2.75) is 52.1 Å². The van der Waals surface area contributed by atoms with Crippen LogP contribution in [0.15, 0.2) is 0 Å². The second-order valence-corrected chi connectivity index (χ2v) is 4.78. The molecule has 13 heavy (non-hydrogen) atoms. The molecule has 1 aliphatic rings. The van der Waals surface area contributed by atoms with Crippen molar-refractivity contribution in [1.82, 2.24) is 0 Å². The summed E-state index contributed by atoms with van der Waals surface area (Å²) in [6.45, 7) is 5.84. The molecule has 2 nitrogen and oxygen atoms in total. The lowest BCUT2D eigenvalue weighted by Crippen LogP contribution is -2.41. The first-order chi connectivity index (χ1) is 5.96. The predicted molar refractivity (Wildman–Crippen MR) is 52.4 cm³/mol. The Morgan fingerprint density at radius 2 is 2.31 bits per heavy atom. The van der Waals surface area contributed by atoms with Gasteiger partial charge in [-0.1, -0.05) is 20.3 Å². The van der Waals surface area contributed by atoms with Crippen LogP contribution in [0.5, 0.6) is 0 Å². The highest BCUT2D eigenvalue weighted by atomic mass is 16.3.